The van der Waals surface area contributed by atoms with E-state index in [9.17, 15) is 0 Å². The molecule has 1 atom stereocenters. The predicted molar refractivity (Wildman–Crippen MR) is 62.6 cm³/mol. The molecule has 0 aromatic heterocycles. The van der Waals surface area contributed by atoms with Crippen LogP contribution >= 0.6 is 0 Å². The monoisotopic (exact) mass is 198 g/mol. The molecule has 1 saturated heterocycles. The maximum Gasteiger partial charge on any atom is 0.0240 e. The summed E-state index contributed by atoms with van der Waals surface area (Å²) in [5.74, 6) is 0. The molecule has 0 amide bonds. The van der Waals surface area contributed by atoms with Gasteiger partial charge in [0.05, 0.1) is 0 Å². The Balaban J connectivity index is 2.59. The Bertz CT molecular complexity index is 196. The predicted octanol–water partition coefficient (Wildman–Crippen LogP) is 2.25. The van der Waals surface area contributed by atoms with Crippen LogP contribution in [0.1, 0.15) is 47.5 Å². The summed E-state index contributed by atoms with van der Waals surface area (Å²) in [5, 5.41) is 3.58. The van der Waals surface area contributed by atoms with Crippen LogP contribution in [0.25, 0.3) is 0 Å². The molecule has 0 spiro atoms. The molecule has 2 nitrogen and oxygen atoms in total. The van der Waals surface area contributed by atoms with Crippen molar-refractivity contribution in [3.05, 3.63) is 0 Å². The second-order valence-corrected chi connectivity index (χ2v) is 5.90. The van der Waals surface area contributed by atoms with Gasteiger partial charge in [-0.3, -0.25) is 4.90 Å². The molecule has 0 aliphatic carbocycles. The van der Waals surface area contributed by atoms with Crippen molar-refractivity contribution in [2.75, 3.05) is 13.6 Å². The summed E-state index contributed by atoms with van der Waals surface area (Å²) in [6.07, 6.45) is 2.47. The van der Waals surface area contributed by atoms with E-state index in [1.54, 1.807) is 0 Å². The molecule has 0 aromatic rings. The third-order valence-corrected chi connectivity index (χ3v) is 3.93. The lowest BCUT2D eigenvalue weighted by Crippen LogP contribution is -2.47. The summed E-state index contributed by atoms with van der Waals surface area (Å²) in [6.45, 7) is 12.6. The fourth-order valence-corrected chi connectivity index (χ4v) is 2.15. The van der Waals surface area contributed by atoms with Crippen LogP contribution in [-0.2, 0) is 0 Å². The molecule has 1 aliphatic heterocycles. The average Bonchev–Trinajstić information content (AvgIpc) is 2.44. The smallest absolute Gasteiger partial charge is 0.0240 e. The van der Waals surface area contributed by atoms with Gasteiger partial charge in [-0.25, -0.2) is 0 Å². The van der Waals surface area contributed by atoms with Crippen molar-refractivity contribution in [3.8, 4) is 0 Å². The van der Waals surface area contributed by atoms with Crippen LogP contribution < -0.4 is 5.32 Å². The van der Waals surface area contributed by atoms with Crippen LogP contribution in [0.4, 0.5) is 0 Å². The Hall–Kier alpha value is -0.0800. The molecule has 1 unspecified atom stereocenters. The van der Waals surface area contributed by atoms with E-state index in [4.69, 9.17) is 0 Å². The van der Waals surface area contributed by atoms with E-state index in [1.165, 1.54) is 12.8 Å². The number of rotatable bonds is 3. The van der Waals surface area contributed by atoms with Crippen LogP contribution in [0.5, 0.6) is 0 Å². The summed E-state index contributed by atoms with van der Waals surface area (Å²) in [6, 6.07) is 0.694. The highest BCUT2D eigenvalue weighted by molar-refractivity contribution is 4.96. The molecule has 0 bridgehead atoms. The third kappa shape index (κ3) is 2.48. The first-order chi connectivity index (χ1) is 6.28. The van der Waals surface area contributed by atoms with Gasteiger partial charge >= 0.3 is 0 Å². The van der Waals surface area contributed by atoms with Crippen LogP contribution in [-0.4, -0.2) is 35.6 Å². The van der Waals surface area contributed by atoms with Crippen molar-refractivity contribution in [2.45, 2.75) is 64.6 Å². The van der Waals surface area contributed by atoms with E-state index >= 15 is 0 Å². The maximum absolute atomic E-state index is 3.58. The van der Waals surface area contributed by atoms with Gasteiger partial charge in [0.25, 0.3) is 0 Å². The molecule has 2 heteroatoms. The number of hydrogen-bond donors (Lipinski definition) is 1. The van der Waals surface area contributed by atoms with Crippen molar-refractivity contribution in [2.24, 2.45) is 0 Å². The molecular weight excluding hydrogens is 172 g/mol. The molecule has 84 valence electrons. The number of hydrogen-bond acceptors (Lipinski definition) is 2. The molecule has 14 heavy (non-hydrogen) atoms. The minimum Gasteiger partial charge on any atom is -0.310 e. The summed E-state index contributed by atoms with van der Waals surface area (Å²) < 4.78 is 0. The van der Waals surface area contributed by atoms with Crippen LogP contribution in [0.15, 0.2) is 0 Å². The molecule has 1 N–H and O–H groups in total. The molecule has 1 aliphatic rings. The molecule has 0 saturated carbocycles. The van der Waals surface area contributed by atoms with Gasteiger partial charge in [0.15, 0.2) is 0 Å². The first-order valence-electron chi connectivity index (χ1n) is 5.76. The van der Waals surface area contributed by atoms with Gasteiger partial charge in [-0.1, -0.05) is 6.92 Å². The highest BCUT2D eigenvalue weighted by Crippen LogP contribution is 2.27. The van der Waals surface area contributed by atoms with E-state index in [2.05, 4.69) is 51.9 Å². The Morgan fingerprint density at radius 2 is 2.00 bits per heavy atom. The zero-order chi connectivity index (χ0) is 11.0. The number of likely N-dealkylation sites (N-methyl/N-ethyl adjacent to an activating group) is 1. The van der Waals surface area contributed by atoms with Crippen molar-refractivity contribution in [1.29, 1.82) is 0 Å². The molecule has 1 heterocycles. The minimum absolute atomic E-state index is 0.322. The third-order valence-electron chi connectivity index (χ3n) is 3.93. The number of nitrogens with zero attached hydrogens (tertiary/aromatic N) is 1. The normalized spacial score (nSPS) is 27.2. The summed E-state index contributed by atoms with van der Waals surface area (Å²) in [5.41, 5.74) is 0.648. The van der Waals surface area contributed by atoms with E-state index < -0.39 is 0 Å². The molecule has 0 radical (unpaired) electrons. The second kappa shape index (κ2) is 3.82. The van der Waals surface area contributed by atoms with Crippen LogP contribution in [0, 0.1) is 0 Å². The Morgan fingerprint density at radius 3 is 2.36 bits per heavy atom. The quantitative estimate of drug-likeness (QED) is 0.748. The van der Waals surface area contributed by atoms with Gasteiger partial charge in [0.2, 0.25) is 0 Å². The lowest BCUT2D eigenvalue weighted by atomic mass is 9.94. The largest absolute Gasteiger partial charge is 0.310 e. The van der Waals surface area contributed by atoms with E-state index in [0.29, 0.717) is 17.1 Å². The Kier molecular flexibility index (Phi) is 3.27. The Morgan fingerprint density at radius 1 is 1.43 bits per heavy atom. The summed E-state index contributed by atoms with van der Waals surface area (Å²) in [7, 11) is 2.26. The summed E-state index contributed by atoms with van der Waals surface area (Å²) >= 11 is 0. The van der Waals surface area contributed by atoms with Crippen LogP contribution in [0.3, 0.4) is 0 Å². The van der Waals surface area contributed by atoms with Gasteiger partial charge < -0.3 is 5.32 Å². The molecular formula is C12H26N2. The van der Waals surface area contributed by atoms with Crippen molar-refractivity contribution < 1.29 is 0 Å². The van der Waals surface area contributed by atoms with E-state index in [0.717, 1.165) is 6.54 Å². The fourth-order valence-electron chi connectivity index (χ4n) is 2.15. The SMILES string of the molecule is CCC(C)(C)N(C)C1CNC(C)(C)C1. The lowest BCUT2D eigenvalue weighted by Gasteiger charge is -2.39. The summed E-state index contributed by atoms with van der Waals surface area (Å²) in [4.78, 5) is 2.54. The Labute approximate surface area is 89.1 Å². The van der Waals surface area contributed by atoms with Crippen LogP contribution in [0.2, 0.25) is 0 Å². The highest BCUT2D eigenvalue weighted by atomic mass is 15.2. The zero-order valence-corrected chi connectivity index (χ0v) is 10.6. The highest BCUT2D eigenvalue weighted by Gasteiger charge is 2.36. The van der Waals surface area contributed by atoms with Gasteiger partial charge in [-0.2, -0.15) is 0 Å². The van der Waals surface area contributed by atoms with Crippen molar-refractivity contribution >= 4 is 0 Å². The van der Waals surface area contributed by atoms with Crippen molar-refractivity contribution in [3.63, 3.8) is 0 Å². The van der Waals surface area contributed by atoms with Gasteiger partial charge in [0.1, 0.15) is 0 Å². The standard InChI is InChI=1S/C12H26N2/c1-7-12(4,5)14(6)10-8-11(2,3)13-9-10/h10,13H,7-9H2,1-6H3. The topological polar surface area (TPSA) is 15.3 Å². The first-order valence-corrected chi connectivity index (χ1v) is 5.76. The van der Waals surface area contributed by atoms with Gasteiger partial charge in [-0.15, -0.1) is 0 Å². The molecule has 0 aromatic carbocycles. The molecule has 1 fully saturated rings. The average molecular weight is 198 g/mol. The van der Waals surface area contributed by atoms with Gasteiger partial charge in [0, 0.05) is 23.7 Å². The number of nitrogens with one attached hydrogen (secondary N) is 1. The minimum atomic E-state index is 0.322. The van der Waals surface area contributed by atoms with E-state index in [-0.39, 0.29) is 0 Å². The molecule has 1 rings (SSSR count). The first kappa shape index (κ1) is 12.0. The van der Waals surface area contributed by atoms with Crippen molar-refractivity contribution in [1.82, 2.24) is 10.2 Å². The maximum atomic E-state index is 3.58. The zero-order valence-electron chi connectivity index (χ0n) is 10.6. The second-order valence-electron chi connectivity index (χ2n) is 5.90. The fraction of sp³-hybridized carbons (Fsp3) is 1.00. The van der Waals surface area contributed by atoms with E-state index in [1.807, 2.05) is 0 Å². The lowest BCUT2D eigenvalue weighted by molar-refractivity contribution is 0.103. The van der Waals surface area contributed by atoms with Gasteiger partial charge in [-0.05, 0) is 47.6 Å².